The second kappa shape index (κ2) is 7.44. The fourth-order valence-electron chi connectivity index (χ4n) is 1.78. The largest absolute Gasteiger partial charge is 0.446 e. The van der Waals surface area contributed by atoms with Gasteiger partial charge in [-0.2, -0.15) is 5.26 Å². The second-order valence-electron chi connectivity index (χ2n) is 5.27. The number of hydrogen-bond donors (Lipinski definition) is 1. The summed E-state index contributed by atoms with van der Waals surface area (Å²) in [5.74, 6) is -1.07. The molecule has 0 aromatic heterocycles. The molecule has 0 aliphatic carbocycles. The number of carbonyl (C=O) groups excluding carboxylic acids is 2. The van der Waals surface area contributed by atoms with Crippen LogP contribution in [0.2, 0.25) is 0 Å². The van der Waals surface area contributed by atoms with E-state index < -0.39 is 18.1 Å². The number of nitrogens with zero attached hydrogens (tertiary/aromatic N) is 1. The highest BCUT2D eigenvalue weighted by molar-refractivity contribution is 5.97. The molecule has 0 spiro atoms. The zero-order valence-electron chi connectivity index (χ0n) is 12.7. The summed E-state index contributed by atoms with van der Waals surface area (Å²) in [7, 11) is 0. The molecule has 0 bridgehead atoms. The summed E-state index contributed by atoms with van der Waals surface area (Å²) < 4.78 is 4.97. The number of nitrogens with one attached hydrogen (secondary N) is 1. The van der Waals surface area contributed by atoms with E-state index in [-0.39, 0.29) is 11.8 Å². The molecule has 0 aliphatic rings. The third kappa shape index (κ3) is 4.92. The fraction of sp³-hybridized carbons (Fsp3) is 0.438. The van der Waals surface area contributed by atoms with Crippen molar-refractivity contribution in [3.63, 3.8) is 0 Å². The summed E-state index contributed by atoms with van der Waals surface area (Å²) in [5, 5.41) is 11.3. The minimum Gasteiger partial charge on any atom is -0.446 e. The van der Waals surface area contributed by atoms with Gasteiger partial charge in [0.05, 0.1) is 0 Å². The van der Waals surface area contributed by atoms with Crippen LogP contribution in [0.5, 0.6) is 0 Å². The average molecular weight is 288 g/mol. The Hall–Kier alpha value is -2.35. The topological polar surface area (TPSA) is 79.2 Å². The molecule has 1 aromatic carbocycles. The predicted molar refractivity (Wildman–Crippen MR) is 78.4 cm³/mol. The van der Waals surface area contributed by atoms with Crippen LogP contribution >= 0.6 is 0 Å². The maximum absolute atomic E-state index is 12.2. The Bertz CT molecular complexity index is 561. The van der Waals surface area contributed by atoms with Crippen molar-refractivity contribution < 1.29 is 14.3 Å². The van der Waals surface area contributed by atoms with E-state index in [1.165, 1.54) is 6.92 Å². The van der Waals surface area contributed by atoms with E-state index in [1.807, 2.05) is 19.1 Å². The lowest BCUT2D eigenvalue weighted by atomic mass is 10.0. The van der Waals surface area contributed by atoms with Crippen molar-refractivity contribution in [3.8, 4) is 6.07 Å². The fourth-order valence-corrected chi connectivity index (χ4v) is 1.78. The highest BCUT2D eigenvalue weighted by Gasteiger charge is 2.27. The van der Waals surface area contributed by atoms with Gasteiger partial charge in [0.1, 0.15) is 12.1 Å². The first kappa shape index (κ1) is 16.7. The average Bonchev–Trinajstić information content (AvgIpc) is 2.43. The lowest BCUT2D eigenvalue weighted by Crippen LogP contribution is -2.46. The molecule has 2 atom stereocenters. The maximum Gasteiger partial charge on any atom is 0.330 e. The van der Waals surface area contributed by atoms with Gasteiger partial charge >= 0.3 is 5.97 Å². The summed E-state index contributed by atoms with van der Waals surface area (Å²) in [6, 6.07) is 8.14. The molecule has 21 heavy (non-hydrogen) atoms. The number of ether oxygens (including phenoxy) is 1. The van der Waals surface area contributed by atoms with Crippen molar-refractivity contribution in [2.75, 3.05) is 0 Å². The van der Waals surface area contributed by atoms with Gasteiger partial charge in [0.15, 0.2) is 6.10 Å². The van der Waals surface area contributed by atoms with Crippen LogP contribution < -0.4 is 5.32 Å². The summed E-state index contributed by atoms with van der Waals surface area (Å²) in [5.41, 5.74) is 1.45. The van der Waals surface area contributed by atoms with E-state index in [2.05, 4.69) is 5.32 Å². The van der Waals surface area contributed by atoms with Crippen molar-refractivity contribution in [1.29, 1.82) is 5.26 Å². The zero-order valence-corrected chi connectivity index (χ0v) is 12.7. The predicted octanol–water partition coefficient (Wildman–Crippen LogP) is 2.20. The van der Waals surface area contributed by atoms with Crippen LogP contribution in [0.15, 0.2) is 24.3 Å². The molecule has 0 radical (unpaired) electrons. The first-order valence-electron chi connectivity index (χ1n) is 6.82. The molecule has 5 nitrogen and oxygen atoms in total. The first-order chi connectivity index (χ1) is 9.85. The number of rotatable bonds is 5. The van der Waals surface area contributed by atoms with Crippen LogP contribution in [-0.4, -0.2) is 24.0 Å². The third-order valence-corrected chi connectivity index (χ3v) is 2.96. The van der Waals surface area contributed by atoms with E-state index in [4.69, 9.17) is 10.00 Å². The molecule has 0 saturated heterocycles. The van der Waals surface area contributed by atoms with Gasteiger partial charge in [-0.1, -0.05) is 31.5 Å². The van der Waals surface area contributed by atoms with Gasteiger partial charge in [0, 0.05) is 5.56 Å². The molecule has 0 heterocycles. The smallest absolute Gasteiger partial charge is 0.330 e. The van der Waals surface area contributed by atoms with Crippen molar-refractivity contribution >= 4 is 11.9 Å². The normalized spacial score (nSPS) is 13.1. The van der Waals surface area contributed by atoms with Crippen LogP contribution in [0.4, 0.5) is 0 Å². The molecule has 0 fully saturated rings. The molecule has 1 rings (SSSR count). The highest BCUT2D eigenvalue weighted by Crippen LogP contribution is 2.09. The van der Waals surface area contributed by atoms with Gasteiger partial charge < -0.3 is 10.1 Å². The maximum atomic E-state index is 12.2. The van der Waals surface area contributed by atoms with Crippen LogP contribution in [0.1, 0.15) is 36.7 Å². The van der Waals surface area contributed by atoms with Crippen LogP contribution in [-0.2, 0) is 9.53 Å². The third-order valence-electron chi connectivity index (χ3n) is 2.96. The Kier molecular flexibility index (Phi) is 5.92. The lowest BCUT2D eigenvalue weighted by Gasteiger charge is -2.21. The van der Waals surface area contributed by atoms with E-state index in [0.29, 0.717) is 5.56 Å². The molecule has 112 valence electrons. The van der Waals surface area contributed by atoms with Gasteiger partial charge in [-0.05, 0) is 31.9 Å². The zero-order chi connectivity index (χ0) is 16.0. The molecular weight excluding hydrogens is 268 g/mol. The number of nitriles is 1. The summed E-state index contributed by atoms with van der Waals surface area (Å²) in [6.45, 7) is 6.98. The molecule has 1 amide bonds. The number of aryl methyl sites for hydroxylation is 1. The molecular formula is C16H20N2O3. The van der Waals surface area contributed by atoms with Crippen molar-refractivity contribution in [1.82, 2.24) is 5.32 Å². The minimum atomic E-state index is -0.838. The SMILES string of the molecule is Cc1cccc(C(=O)N[C@H](C(=O)O[C@H](C)C#N)C(C)C)c1. The molecule has 5 heteroatoms. The molecule has 0 saturated carbocycles. The quantitative estimate of drug-likeness (QED) is 0.842. The Balaban J connectivity index is 2.82. The van der Waals surface area contributed by atoms with Gasteiger partial charge in [0.2, 0.25) is 0 Å². The summed E-state index contributed by atoms with van der Waals surface area (Å²) >= 11 is 0. The highest BCUT2D eigenvalue weighted by atomic mass is 16.5. The first-order valence-corrected chi connectivity index (χ1v) is 6.82. The standard InChI is InChI=1S/C16H20N2O3/c1-10(2)14(16(20)21-12(4)9-17)18-15(19)13-7-5-6-11(3)8-13/h5-8,10,12,14H,1-4H3,(H,18,19)/t12-,14+/m1/s1. The molecule has 0 aliphatic heterocycles. The van der Waals surface area contributed by atoms with Crippen molar-refractivity contribution in [3.05, 3.63) is 35.4 Å². The monoisotopic (exact) mass is 288 g/mol. The van der Waals surface area contributed by atoms with Crippen molar-refractivity contribution in [2.24, 2.45) is 5.92 Å². The van der Waals surface area contributed by atoms with Crippen molar-refractivity contribution in [2.45, 2.75) is 39.8 Å². The van der Waals surface area contributed by atoms with Crippen LogP contribution in [0.25, 0.3) is 0 Å². The van der Waals surface area contributed by atoms with Crippen LogP contribution in [0.3, 0.4) is 0 Å². The van der Waals surface area contributed by atoms with E-state index in [1.54, 1.807) is 32.0 Å². The summed E-state index contributed by atoms with van der Waals surface area (Å²) in [6.07, 6.45) is -0.838. The molecule has 1 aromatic rings. The number of esters is 1. The van der Waals surface area contributed by atoms with E-state index in [9.17, 15) is 9.59 Å². The van der Waals surface area contributed by atoms with Gasteiger partial charge in [-0.15, -0.1) is 0 Å². The van der Waals surface area contributed by atoms with Gasteiger partial charge in [-0.3, -0.25) is 4.79 Å². The lowest BCUT2D eigenvalue weighted by molar-refractivity contribution is -0.149. The van der Waals surface area contributed by atoms with Crippen LogP contribution in [0, 0.1) is 24.2 Å². The molecule has 1 N–H and O–H groups in total. The number of carbonyl (C=O) groups is 2. The van der Waals surface area contributed by atoms with Gasteiger partial charge in [0.25, 0.3) is 5.91 Å². The van der Waals surface area contributed by atoms with E-state index in [0.717, 1.165) is 5.56 Å². The Morgan fingerprint density at radius 1 is 1.29 bits per heavy atom. The number of amides is 1. The second-order valence-corrected chi connectivity index (χ2v) is 5.27. The Morgan fingerprint density at radius 3 is 2.48 bits per heavy atom. The Labute approximate surface area is 124 Å². The number of benzene rings is 1. The molecule has 0 unspecified atom stereocenters. The summed E-state index contributed by atoms with van der Waals surface area (Å²) in [4.78, 5) is 24.2. The number of hydrogen-bond acceptors (Lipinski definition) is 4. The Morgan fingerprint density at radius 2 is 1.95 bits per heavy atom. The van der Waals surface area contributed by atoms with E-state index >= 15 is 0 Å². The minimum absolute atomic E-state index is 0.142. The van der Waals surface area contributed by atoms with Gasteiger partial charge in [-0.25, -0.2) is 4.79 Å².